The molecule has 4 nitrogen and oxygen atoms in total. The van der Waals surface area contributed by atoms with E-state index in [4.69, 9.17) is 4.74 Å². The number of hydrogen-bond acceptors (Lipinski definition) is 3. The van der Waals surface area contributed by atoms with E-state index < -0.39 is 0 Å². The Morgan fingerprint density at radius 1 is 1.29 bits per heavy atom. The summed E-state index contributed by atoms with van der Waals surface area (Å²) in [5.74, 6) is 1.97. The number of carbonyl (C=O) groups is 1. The largest absolute Gasteiger partial charge is 0.379 e. The van der Waals surface area contributed by atoms with Crippen LogP contribution in [0.3, 0.4) is 0 Å². The Labute approximate surface area is 144 Å². The van der Waals surface area contributed by atoms with Gasteiger partial charge in [-0.15, -0.1) is 0 Å². The predicted molar refractivity (Wildman–Crippen MR) is 93.6 cm³/mol. The van der Waals surface area contributed by atoms with Crippen molar-refractivity contribution in [2.24, 2.45) is 17.8 Å². The Hall–Kier alpha value is -1.39. The molecule has 3 aliphatic rings. The van der Waals surface area contributed by atoms with Gasteiger partial charge in [-0.1, -0.05) is 36.2 Å². The number of nitrogens with zero attached hydrogens (tertiary/aromatic N) is 1. The highest BCUT2D eigenvalue weighted by atomic mass is 16.5. The van der Waals surface area contributed by atoms with Crippen LogP contribution in [-0.2, 0) is 9.53 Å². The SMILES string of the molecule is Cc1cccc(C(CNC(=O)C2C3CCCC32)N2CCOCC2)c1. The van der Waals surface area contributed by atoms with Gasteiger partial charge in [0.15, 0.2) is 0 Å². The molecule has 4 heteroatoms. The van der Waals surface area contributed by atoms with Gasteiger partial charge in [-0.05, 0) is 37.2 Å². The van der Waals surface area contributed by atoms with Crippen LogP contribution in [0.5, 0.6) is 0 Å². The van der Waals surface area contributed by atoms with Gasteiger partial charge < -0.3 is 10.1 Å². The maximum absolute atomic E-state index is 12.6. The van der Waals surface area contributed by atoms with E-state index in [-0.39, 0.29) is 11.9 Å². The van der Waals surface area contributed by atoms with Crippen molar-refractivity contribution in [3.8, 4) is 0 Å². The van der Waals surface area contributed by atoms with Crippen molar-refractivity contribution in [2.75, 3.05) is 32.8 Å². The number of aryl methyl sites for hydroxylation is 1. The van der Waals surface area contributed by atoms with Gasteiger partial charge in [0.1, 0.15) is 0 Å². The van der Waals surface area contributed by atoms with Crippen molar-refractivity contribution in [2.45, 2.75) is 32.2 Å². The molecule has 1 saturated heterocycles. The molecule has 0 aromatic heterocycles. The van der Waals surface area contributed by atoms with E-state index in [0.717, 1.165) is 26.3 Å². The van der Waals surface area contributed by atoms with Gasteiger partial charge in [0, 0.05) is 25.6 Å². The first-order valence-corrected chi connectivity index (χ1v) is 9.40. The summed E-state index contributed by atoms with van der Waals surface area (Å²) in [6, 6.07) is 8.93. The van der Waals surface area contributed by atoms with Crippen LogP contribution < -0.4 is 5.32 Å². The number of rotatable bonds is 5. The van der Waals surface area contributed by atoms with Gasteiger partial charge in [-0.3, -0.25) is 9.69 Å². The molecule has 1 aliphatic heterocycles. The lowest BCUT2D eigenvalue weighted by Crippen LogP contribution is -2.44. The quantitative estimate of drug-likeness (QED) is 0.903. The monoisotopic (exact) mass is 328 g/mol. The lowest BCUT2D eigenvalue weighted by Gasteiger charge is -2.35. The molecule has 3 fully saturated rings. The zero-order valence-electron chi connectivity index (χ0n) is 14.5. The van der Waals surface area contributed by atoms with Crippen molar-refractivity contribution in [1.82, 2.24) is 10.2 Å². The summed E-state index contributed by atoms with van der Waals surface area (Å²) in [6.45, 7) is 6.26. The minimum Gasteiger partial charge on any atom is -0.379 e. The van der Waals surface area contributed by atoms with Crippen molar-refractivity contribution in [3.05, 3.63) is 35.4 Å². The molecule has 130 valence electrons. The molecule has 3 unspecified atom stereocenters. The highest BCUT2D eigenvalue weighted by Crippen LogP contribution is 2.57. The maximum Gasteiger partial charge on any atom is 0.223 e. The van der Waals surface area contributed by atoms with E-state index in [2.05, 4.69) is 41.4 Å². The van der Waals surface area contributed by atoms with Crippen molar-refractivity contribution >= 4 is 5.91 Å². The third-order valence-corrected chi connectivity index (χ3v) is 6.09. The first-order valence-electron chi connectivity index (χ1n) is 9.40. The molecule has 0 bridgehead atoms. The number of nitrogens with one attached hydrogen (secondary N) is 1. The number of ether oxygens (including phenoxy) is 1. The molecule has 0 spiro atoms. The third kappa shape index (κ3) is 3.22. The van der Waals surface area contributed by atoms with Gasteiger partial charge in [0.25, 0.3) is 0 Å². The summed E-state index contributed by atoms with van der Waals surface area (Å²) in [4.78, 5) is 15.0. The number of fused-ring (bicyclic) bond motifs is 1. The smallest absolute Gasteiger partial charge is 0.223 e. The lowest BCUT2D eigenvalue weighted by molar-refractivity contribution is -0.123. The van der Waals surface area contributed by atoms with Gasteiger partial charge in [0.2, 0.25) is 5.91 Å². The number of morpholine rings is 1. The second-order valence-electron chi connectivity index (χ2n) is 7.61. The molecule has 0 radical (unpaired) electrons. The van der Waals surface area contributed by atoms with Crippen LogP contribution >= 0.6 is 0 Å². The summed E-state index contributed by atoms with van der Waals surface area (Å²) in [5.41, 5.74) is 2.57. The summed E-state index contributed by atoms with van der Waals surface area (Å²) >= 11 is 0. The normalized spacial score (nSPS) is 30.6. The Balaban J connectivity index is 1.43. The highest BCUT2D eigenvalue weighted by Gasteiger charge is 2.56. The molecule has 1 aromatic rings. The fourth-order valence-electron chi connectivity index (χ4n) is 4.75. The summed E-state index contributed by atoms with van der Waals surface area (Å²) in [5, 5.41) is 3.27. The van der Waals surface area contributed by atoms with Crippen LogP contribution in [0.25, 0.3) is 0 Å². The van der Waals surface area contributed by atoms with Crippen molar-refractivity contribution in [1.29, 1.82) is 0 Å². The summed E-state index contributed by atoms with van der Waals surface area (Å²) in [6.07, 6.45) is 3.83. The standard InChI is InChI=1S/C20H28N2O2/c1-14-4-2-5-15(12-14)18(22-8-10-24-11-9-22)13-21-20(23)19-16-6-3-7-17(16)19/h2,4-5,12,16-19H,3,6-11,13H2,1H3,(H,21,23). The maximum atomic E-state index is 12.6. The molecule has 2 aliphatic carbocycles. The number of hydrogen-bond donors (Lipinski definition) is 1. The minimum absolute atomic E-state index is 0.247. The van der Waals surface area contributed by atoms with Crippen LogP contribution in [0.15, 0.2) is 24.3 Å². The second-order valence-corrected chi connectivity index (χ2v) is 7.61. The molecular formula is C20H28N2O2. The topological polar surface area (TPSA) is 41.6 Å². The molecule has 1 heterocycles. The van der Waals surface area contributed by atoms with Crippen molar-refractivity contribution in [3.63, 3.8) is 0 Å². The molecule has 1 N–H and O–H groups in total. The third-order valence-electron chi connectivity index (χ3n) is 6.09. The number of carbonyl (C=O) groups excluding carboxylic acids is 1. The predicted octanol–water partition coefficient (Wildman–Crippen LogP) is 2.53. The van der Waals surface area contributed by atoms with Crippen LogP contribution in [0.2, 0.25) is 0 Å². The Kier molecular flexibility index (Phi) is 4.59. The molecule has 1 aromatic carbocycles. The van der Waals surface area contributed by atoms with Crippen LogP contribution in [0.1, 0.15) is 36.4 Å². The first-order chi connectivity index (χ1) is 11.7. The molecule has 3 atom stereocenters. The summed E-state index contributed by atoms with van der Waals surface area (Å²) < 4.78 is 5.50. The van der Waals surface area contributed by atoms with Crippen LogP contribution in [0, 0.1) is 24.7 Å². The van der Waals surface area contributed by atoms with E-state index in [1.807, 2.05) is 0 Å². The van der Waals surface area contributed by atoms with Gasteiger partial charge in [-0.25, -0.2) is 0 Å². The highest BCUT2D eigenvalue weighted by molar-refractivity contribution is 5.82. The van der Waals surface area contributed by atoms with E-state index in [1.165, 1.54) is 30.4 Å². The number of amides is 1. The molecular weight excluding hydrogens is 300 g/mol. The van der Waals surface area contributed by atoms with Gasteiger partial charge in [-0.2, -0.15) is 0 Å². The zero-order valence-corrected chi connectivity index (χ0v) is 14.5. The Morgan fingerprint density at radius 3 is 2.75 bits per heavy atom. The molecule has 2 saturated carbocycles. The average molecular weight is 328 g/mol. The van der Waals surface area contributed by atoms with Gasteiger partial charge in [0.05, 0.1) is 19.3 Å². The summed E-state index contributed by atoms with van der Waals surface area (Å²) in [7, 11) is 0. The second kappa shape index (κ2) is 6.85. The zero-order chi connectivity index (χ0) is 16.5. The van der Waals surface area contributed by atoms with Crippen LogP contribution in [0.4, 0.5) is 0 Å². The van der Waals surface area contributed by atoms with Gasteiger partial charge >= 0.3 is 0 Å². The molecule has 1 amide bonds. The van der Waals surface area contributed by atoms with E-state index >= 15 is 0 Å². The van der Waals surface area contributed by atoms with Crippen molar-refractivity contribution < 1.29 is 9.53 Å². The molecule has 24 heavy (non-hydrogen) atoms. The first kappa shape index (κ1) is 16.1. The fraction of sp³-hybridized carbons (Fsp3) is 0.650. The van der Waals surface area contributed by atoms with E-state index in [9.17, 15) is 4.79 Å². The van der Waals surface area contributed by atoms with E-state index in [0.29, 0.717) is 24.3 Å². The Bertz CT molecular complexity index is 587. The Morgan fingerprint density at radius 2 is 2.04 bits per heavy atom. The fourth-order valence-corrected chi connectivity index (χ4v) is 4.75. The minimum atomic E-state index is 0.247. The number of benzene rings is 1. The lowest BCUT2D eigenvalue weighted by atomic mass is 10.0. The van der Waals surface area contributed by atoms with Crippen LogP contribution in [-0.4, -0.2) is 43.7 Å². The average Bonchev–Trinajstić information content (AvgIpc) is 3.08. The van der Waals surface area contributed by atoms with E-state index in [1.54, 1.807) is 0 Å². The molecule has 4 rings (SSSR count).